The normalized spacial score (nSPS) is 18.6. The molecule has 1 unspecified atom stereocenters. The van der Waals surface area contributed by atoms with Crippen molar-refractivity contribution >= 4 is 35.2 Å². The van der Waals surface area contributed by atoms with E-state index < -0.39 is 22.7 Å². The molecule has 38 heavy (non-hydrogen) atoms. The standard InChI is InChI=1S/C26H32ClF3N6O2/c1-25(2,3)17-4-7-21-16(12-17)14-31-23(33-21)34-24(38)36-10-8-35(9-11-36)15-22(37)32-18-5-6-20(27)19(13-18)26(28,29)30/h5-6,13-14,17H,4,7-12,15H2,1-3H3,(H,32,37)(H,31,33,34,38). The fraction of sp³-hybridized carbons (Fsp3) is 0.538. The van der Waals surface area contributed by atoms with Crippen molar-refractivity contribution in [2.45, 2.75) is 46.2 Å². The highest BCUT2D eigenvalue weighted by Crippen LogP contribution is 2.37. The third-order valence-electron chi connectivity index (χ3n) is 7.18. The topological polar surface area (TPSA) is 90.5 Å². The molecule has 1 fully saturated rings. The number of fused-ring (bicyclic) bond motifs is 1. The monoisotopic (exact) mass is 552 g/mol. The highest BCUT2D eigenvalue weighted by Gasteiger charge is 2.34. The second-order valence-corrected chi connectivity index (χ2v) is 11.3. The zero-order valence-corrected chi connectivity index (χ0v) is 22.4. The van der Waals surface area contributed by atoms with E-state index >= 15 is 0 Å². The molecule has 8 nitrogen and oxygen atoms in total. The fourth-order valence-corrected chi connectivity index (χ4v) is 5.04. The van der Waals surface area contributed by atoms with Gasteiger partial charge in [0.15, 0.2) is 0 Å². The lowest BCUT2D eigenvalue weighted by atomic mass is 9.72. The number of hydrogen-bond donors (Lipinski definition) is 2. The molecule has 2 aromatic rings. The summed E-state index contributed by atoms with van der Waals surface area (Å²) in [5.41, 5.74) is 1.35. The third-order valence-corrected chi connectivity index (χ3v) is 7.51. The molecule has 2 aliphatic rings. The van der Waals surface area contributed by atoms with Gasteiger partial charge < -0.3 is 10.2 Å². The summed E-state index contributed by atoms with van der Waals surface area (Å²) in [4.78, 5) is 37.6. The van der Waals surface area contributed by atoms with Gasteiger partial charge in [-0.2, -0.15) is 13.2 Å². The van der Waals surface area contributed by atoms with Crippen LogP contribution in [0.15, 0.2) is 24.4 Å². The van der Waals surface area contributed by atoms with Gasteiger partial charge in [0, 0.05) is 43.8 Å². The minimum Gasteiger partial charge on any atom is -0.325 e. The van der Waals surface area contributed by atoms with Crippen molar-refractivity contribution in [3.63, 3.8) is 0 Å². The lowest BCUT2D eigenvalue weighted by Gasteiger charge is -2.35. The SMILES string of the molecule is CC(C)(C)C1CCc2nc(NC(=O)N3CCN(CC(=O)Nc4ccc(Cl)c(C(F)(F)F)c4)CC3)ncc2C1. The molecule has 0 spiro atoms. The molecule has 2 N–H and O–H groups in total. The number of halogens is 4. The van der Waals surface area contributed by atoms with Crippen molar-refractivity contribution in [3.05, 3.63) is 46.2 Å². The number of carbonyl (C=O) groups excluding carboxylic acids is 2. The number of urea groups is 1. The minimum absolute atomic E-state index is 0.0110. The number of carbonyl (C=O) groups is 2. The summed E-state index contributed by atoms with van der Waals surface area (Å²) in [5, 5.41) is 4.83. The van der Waals surface area contributed by atoms with Crippen molar-refractivity contribution in [1.29, 1.82) is 0 Å². The number of alkyl halides is 3. The van der Waals surface area contributed by atoms with Gasteiger partial charge in [0.1, 0.15) is 0 Å². The van der Waals surface area contributed by atoms with Gasteiger partial charge in [0.25, 0.3) is 0 Å². The summed E-state index contributed by atoms with van der Waals surface area (Å²) >= 11 is 5.63. The highest BCUT2D eigenvalue weighted by atomic mass is 35.5. The summed E-state index contributed by atoms with van der Waals surface area (Å²) in [5.74, 6) is 0.404. The van der Waals surface area contributed by atoms with Crippen molar-refractivity contribution < 1.29 is 22.8 Å². The lowest BCUT2D eigenvalue weighted by Crippen LogP contribution is -2.51. The zero-order valence-electron chi connectivity index (χ0n) is 21.7. The number of nitrogens with one attached hydrogen (secondary N) is 2. The molecule has 2 heterocycles. The van der Waals surface area contributed by atoms with Crippen LogP contribution in [-0.2, 0) is 23.8 Å². The van der Waals surface area contributed by atoms with E-state index in [9.17, 15) is 22.8 Å². The van der Waals surface area contributed by atoms with E-state index in [0.29, 0.717) is 32.1 Å². The molecule has 4 rings (SSSR count). The molecule has 0 bridgehead atoms. The van der Waals surface area contributed by atoms with Crippen LogP contribution in [0.4, 0.5) is 29.6 Å². The second-order valence-electron chi connectivity index (χ2n) is 10.9. The Labute approximate surface area is 224 Å². The number of anilines is 2. The first kappa shape index (κ1) is 28.1. The maximum atomic E-state index is 13.1. The number of nitrogens with zero attached hydrogens (tertiary/aromatic N) is 4. The Balaban J connectivity index is 1.25. The molecule has 1 aliphatic carbocycles. The Hall–Kier alpha value is -2.92. The van der Waals surface area contributed by atoms with E-state index in [2.05, 4.69) is 41.4 Å². The largest absolute Gasteiger partial charge is 0.417 e. The minimum atomic E-state index is -4.62. The van der Waals surface area contributed by atoms with Gasteiger partial charge in [0.05, 0.1) is 17.1 Å². The predicted molar refractivity (Wildman–Crippen MR) is 139 cm³/mol. The average Bonchev–Trinajstić information content (AvgIpc) is 2.84. The average molecular weight is 553 g/mol. The Morgan fingerprint density at radius 2 is 1.82 bits per heavy atom. The number of amides is 3. The first-order chi connectivity index (χ1) is 17.8. The van der Waals surface area contributed by atoms with Crippen molar-refractivity contribution in [3.8, 4) is 0 Å². The molecule has 12 heteroatoms. The molecule has 1 atom stereocenters. The van der Waals surface area contributed by atoms with Crippen LogP contribution in [0.2, 0.25) is 5.02 Å². The van der Waals surface area contributed by atoms with E-state index in [1.165, 1.54) is 6.07 Å². The van der Waals surface area contributed by atoms with Crippen LogP contribution in [-0.4, -0.2) is 64.4 Å². The van der Waals surface area contributed by atoms with Crippen LogP contribution in [0, 0.1) is 11.3 Å². The van der Waals surface area contributed by atoms with Gasteiger partial charge in [-0.1, -0.05) is 32.4 Å². The summed E-state index contributed by atoms with van der Waals surface area (Å²) in [6.07, 6.45) is 0.0396. The van der Waals surface area contributed by atoms with Gasteiger partial charge in [-0.25, -0.2) is 14.8 Å². The number of rotatable bonds is 4. The van der Waals surface area contributed by atoms with E-state index in [0.717, 1.165) is 42.7 Å². The van der Waals surface area contributed by atoms with E-state index in [1.54, 1.807) is 4.90 Å². The van der Waals surface area contributed by atoms with Crippen LogP contribution in [0.5, 0.6) is 0 Å². The zero-order chi connectivity index (χ0) is 27.7. The molecule has 1 saturated heterocycles. The quantitative estimate of drug-likeness (QED) is 0.551. The smallest absolute Gasteiger partial charge is 0.325 e. The summed E-state index contributed by atoms with van der Waals surface area (Å²) < 4.78 is 39.2. The first-order valence-corrected chi connectivity index (χ1v) is 13.0. The predicted octanol–water partition coefficient (Wildman–Crippen LogP) is 5.09. The van der Waals surface area contributed by atoms with E-state index in [1.807, 2.05) is 11.1 Å². The van der Waals surface area contributed by atoms with Gasteiger partial charge in [-0.15, -0.1) is 0 Å². The highest BCUT2D eigenvalue weighted by molar-refractivity contribution is 6.31. The summed E-state index contributed by atoms with van der Waals surface area (Å²) in [7, 11) is 0. The molecular formula is C26H32ClF3N6O2. The Morgan fingerprint density at radius 3 is 2.47 bits per heavy atom. The maximum absolute atomic E-state index is 13.1. The fourth-order valence-electron chi connectivity index (χ4n) is 4.81. The van der Waals surface area contributed by atoms with Crippen molar-refractivity contribution in [2.24, 2.45) is 11.3 Å². The van der Waals surface area contributed by atoms with Gasteiger partial charge >= 0.3 is 12.2 Å². The van der Waals surface area contributed by atoms with Gasteiger partial charge in [-0.3, -0.25) is 15.0 Å². The van der Waals surface area contributed by atoms with Crippen LogP contribution < -0.4 is 10.6 Å². The van der Waals surface area contributed by atoms with E-state index in [4.69, 9.17) is 11.6 Å². The number of aryl methyl sites for hydroxylation is 1. The Kier molecular flexibility index (Phi) is 8.17. The van der Waals surface area contributed by atoms with Crippen LogP contribution >= 0.6 is 11.6 Å². The van der Waals surface area contributed by atoms with Crippen molar-refractivity contribution in [1.82, 2.24) is 19.8 Å². The molecule has 1 aromatic heterocycles. The van der Waals surface area contributed by atoms with Crippen LogP contribution in [0.25, 0.3) is 0 Å². The van der Waals surface area contributed by atoms with Crippen LogP contribution in [0.1, 0.15) is 44.0 Å². The summed E-state index contributed by atoms with van der Waals surface area (Å²) in [6, 6.07) is 2.93. The number of piperazine rings is 1. The van der Waals surface area contributed by atoms with Crippen LogP contribution in [0.3, 0.4) is 0 Å². The Morgan fingerprint density at radius 1 is 1.11 bits per heavy atom. The van der Waals surface area contributed by atoms with Gasteiger partial charge in [-0.05, 0) is 54.4 Å². The summed E-state index contributed by atoms with van der Waals surface area (Å²) in [6.45, 7) is 8.38. The number of benzene rings is 1. The molecule has 1 aromatic carbocycles. The Bertz CT molecular complexity index is 1190. The molecule has 0 saturated carbocycles. The van der Waals surface area contributed by atoms with Gasteiger partial charge in [0.2, 0.25) is 11.9 Å². The van der Waals surface area contributed by atoms with Crippen molar-refractivity contribution in [2.75, 3.05) is 43.4 Å². The first-order valence-electron chi connectivity index (χ1n) is 12.6. The molecule has 0 radical (unpaired) electrons. The molecule has 206 valence electrons. The lowest BCUT2D eigenvalue weighted by molar-refractivity contribution is -0.137. The number of aromatic nitrogens is 2. The molecular weight excluding hydrogens is 521 g/mol. The molecule has 1 aliphatic heterocycles. The maximum Gasteiger partial charge on any atom is 0.417 e. The second kappa shape index (κ2) is 11.1. The third kappa shape index (κ3) is 6.93. The van der Waals surface area contributed by atoms with E-state index in [-0.39, 0.29) is 29.6 Å². The number of hydrogen-bond acceptors (Lipinski definition) is 5. The molecule has 3 amide bonds.